The Bertz CT molecular complexity index is 723. The van der Waals surface area contributed by atoms with Crippen molar-refractivity contribution in [3.8, 4) is 0 Å². The molecule has 27 heavy (non-hydrogen) atoms. The van der Waals surface area contributed by atoms with Gasteiger partial charge in [-0.15, -0.1) is 11.8 Å². The third kappa shape index (κ3) is 4.52. The van der Waals surface area contributed by atoms with Crippen molar-refractivity contribution in [2.24, 2.45) is 5.92 Å². The number of β-lactam (4-membered cyclic amide) rings is 1. The number of amides is 2. The van der Waals surface area contributed by atoms with E-state index in [2.05, 4.69) is 5.32 Å². The molecule has 0 aromatic heterocycles. The summed E-state index contributed by atoms with van der Waals surface area (Å²) in [7, 11) is 0. The number of hydrogen-bond donors (Lipinski definition) is 2. The van der Waals surface area contributed by atoms with Gasteiger partial charge in [0, 0.05) is 18.7 Å². The van der Waals surface area contributed by atoms with Gasteiger partial charge in [0.25, 0.3) is 0 Å². The summed E-state index contributed by atoms with van der Waals surface area (Å²) >= 11 is 3.38. The van der Waals surface area contributed by atoms with Gasteiger partial charge in [0.05, 0.1) is 16.3 Å². The normalized spacial score (nSPS) is 22.5. The van der Waals surface area contributed by atoms with Crippen molar-refractivity contribution in [1.82, 2.24) is 10.2 Å². The second-order valence-electron chi connectivity index (χ2n) is 6.81. The molecule has 2 N–H and O–H groups in total. The van der Waals surface area contributed by atoms with Crippen LogP contribution in [0.25, 0.3) is 0 Å². The van der Waals surface area contributed by atoms with Crippen molar-refractivity contribution < 1.29 is 14.7 Å². The summed E-state index contributed by atoms with van der Waals surface area (Å²) in [4.78, 5) is 26.0. The minimum absolute atomic E-state index is 0.0373. The van der Waals surface area contributed by atoms with E-state index in [9.17, 15) is 14.7 Å². The smallest absolute Gasteiger partial charge is 0.236 e. The Hall–Kier alpha value is -1.44. The first-order valence-corrected chi connectivity index (χ1v) is 11.2. The number of allylic oxidation sites excluding steroid dienone is 1. The van der Waals surface area contributed by atoms with E-state index in [0.29, 0.717) is 19.4 Å². The largest absolute Gasteiger partial charge is 0.392 e. The Kier molecular flexibility index (Phi) is 6.89. The number of carbonyl (C=O) groups excluding carboxylic acids is 2. The number of fused-ring (bicyclic) bond motifs is 1. The summed E-state index contributed by atoms with van der Waals surface area (Å²) in [6.07, 6.45) is 1.33. The van der Waals surface area contributed by atoms with Crippen LogP contribution < -0.4 is 5.32 Å². The lowest BCUT2D eigenvalue weighted by atomic mass is 9.90. The van der Waals surface area contributed by atoms with Crippen molar-refractivity contribution in [3.63, 3.8) is 0 Å². The molecule has 0 unspecified atom stereocenters. The molecule has 1 aromatic rings. The highest BCUT2D eigenvalue weighted by molar-refractivity contribution is 8.22. The predicted molar refractivity (Wildman–Crippen MR) is 111 cm³/mol. The zero-order valence-corrected chi connectivity index (χ0v) is 17.3. The number of benzene rings is 1. The standard InChI is InChI=1S/C20H26N2O3S2/c1-3-15(23)17-18(25)22-13(2)20(27-19(17)22)26-11-7-10-16(24)21-12-14-8-5-4-6-9-14/h4-6,8-9,15,17,19,23H,3,7,10-12H2,1-2H3,(H,21,24)/t15-,17+,19+/m0/s1. The van der Waals surface area contributed by atoms with E-state index in [-0.39, 0.29) is 23.1 Å². The second kappa shape index (κ2) is 9.17. The molecule has 0 radical (unpaired) electrons. The van der Waals surface area contributed by atoms with Gasteiger partial charge >= 0.3 is 0 Å². The quantitative estimate of drug-likeness (QED) is 0.486. The van der Waals surface area contributed by atoms with Gasteiger partial charge in [-0.05, 0) is 31.1 Å². The summed E-state index contributed by atoms with van der Waals surface area (Å²) < 4.78 is 1.14. The molecular weight excluding hydrogens is 380 g/mol. The van der Waals surface area contributed by atoms with Gasteiger partial charge in [-0.25, -0.2) is 0 Å². The molecule has 1 saturated heterocycles. The molecule has 146 valence electrons. The summed E-state index contributed by atoms with van der Waals surface area (Å²) in [5, 5.41) is 13.0. The molecule has 5 nitrogen and oxygen atoms in total. The number of aliphatic hydroxyl groups excluding tert-OH is 1. The van der Waals surface area contributed by atoms with Crippen LogP contribution in [0.5, 0.6) is 0 Å². The van der Waals surface area contributed by atoms with E-state index in [1.165, 1.54) is 0 Å². The molecule has 3 rings (SSSR count). The van der Waals surface area contributed by atoms with Crippen LogP contribution in [0, 0.1) is 5.92 Å². The zero-order chi connectivity index (χ0) is 19.4. The van der Waals surface area contributed by atoms with Crippen molar-refractivity contribution in [3.05, 3.63) is 45.8 Å². The molecule has 0 spiro atoms. The molecule has 0 saturated carbocycles. The number of hydrogen-bond acceptors (Lipinski definition) is 5. The molecule has 1 fully saturated rings. The van der Waals surface area contributed by atoms with Gasteiger partial charge in [0.1, 0.15) is 5.37 Å². The molecule has 2 aliphatic heterocycles. The van der Waals surface area contributed by atoms with E-state index in [4.69, 9.17) is 0 Å². The Labute approximate surface area is 169 Å². The average molecular weight is 407 g/mol. The minimum atomic E-state index is -0.559. The van der Waals surface area contributed by atoms with Crippen molar-refractivity contribution in [2.45, 2.75) is 51.1 Å². The Morgan fingerprint density at radius 1 is 1.37 bits per heavy atom. The van der Waals surface area contributed by atoms with Crippen LogP contribution >= 0.6 is 23.5 Å². The van der Waals surface area contributed by atoms with E-state index < -0.39 is 6.10 Å². The lowest BCUT2D eigenvalue weighted by molar-refractivity contribution is -0.153. The second-order valence-corrected chi connectivity index (χ2v) is 9.30. The van der Waals surface area contributed by atoms with Crippen molar-refractivity contribution >= 4 is 35.3 Å². The number of carbonyl (C=O) groups is 2. The Balaban J connectivity index is 1.38. The maximum Gasteiger partial charge on any atom is 0.236 e. The molecule has 1 aromatic carbocycles. The molecule has 3 atom stereocenters. The van der Waals surface area contributed by atoms with Gasteiger partial charge in [-0.3, -0.25) is 9.59 Å². The van der Waals surface area contributed by atoms with Crippen LogP contribution in [-0.4, -0.2) is 39.1 Å². The fourth-order valence-corrected chi connectivity index (χ4v) is 6.19. The SMILES string of the molecule is CC[C@H](O)[C@@H]1C(=O)N2C(C)=C(SCCCC(=O)NCc3ccccc3)S[C@H]12. The van der Waals surface area contributed by atoms with E-state index in [1.807, 2.05) is 49.1 Å². The first-order chi connectivity index (χ1) is 13.0. The Morgan fingerprint density at radius 3 is 2.81 bits per heavy atom. The number of rotatable bonds is 9. The maximum atomic E-state index is 12.3. The summed E-state index contributed by atoms with van der Waals surface area (Å²) in [6, 6.07) is 9.88. The van der Waals surface area contributed by atoms with Crippen molar-refractivity contribution in [2.75, 3.05) is 5.75 Å². The molecule has 2 aliphatic rings. The van der Waals surface area contributed by atoms with Crippen LogP contribution in [0.2, 0.25) is 0 Å². The fourth-order valence-electron chi connectivity index (χ4n) is 3.29. The van der Waals surface area contributed by atoms with Crippen LogP contribution in [0.15, 0.2) is 40.3 Å². The summed E-state index contributed by atoms with van der Waals surface area (Å²) in [5.74, 6) is 0.662. The lowest BCUT2D eigenvalue weighted by Crippen LogP contribution is -2.60. The highest BCUT2D eigenvalue weighted by Crippen LogP contribution is 2.53. The number of aliphatic hydroxyl groups is 1. The minimum Gasteiger partial charge on any atom is -0.392 e. The van der Waals surface area contributed by atoms with Gasteiger partial charge in [0.2, 0.25) is 11.8 Å². The zero-order valence-electron chi connectivity index (χ0n) is 15.7. The van der Waals surface area contributed by atoms with Gasteiger partial charge < -0.3 is 15.3 Å². The Morgan fingerprint density at radius 2 is 2.11 bits per heavy atom. The molecule has 0 aliphatic carbocycles. The van der Waals surface area contributed by atoms with Gasteiger partial charge in [-0.1, -0.05) is 49.0 Å². The third-order valence-electron chi connectivity index (χ3n) is 4.92. The third-order valence-corrected chi connectivity index (χ3v) is 7.86. The average Bonchev–Trinajstić information content (AvgIpc) is 2.95. The highest BCUT2D eigenvalue weighted by atomic mass is 32.2. The molecule has 2 amide bonds. The summed E-state index contributed by atoms with van der Waals surface area (Å²) in [5.41, 5.74) is 2.09. The van der Waals surface area contributed by atoms with Crippen LogP contribution in [0.3, 0.4) is 0 Å². The van der Waals surface area contributed by atoms with E-state index in [1.54, 1.807) is 23.5 Å². The number of thioether (sulfide) groups is 2. The maximum absolute atomic E-state index is 12.3. The fraction of sp³-hybridized carbons (Fsp3) is 0.500. The monoisotopic (exact) mass is 406 g/mol. The topological polar surface area (TPSA) is 69.6 Å². The van der Waals surface area contributed by atoms with Crippen LogP contribution in [0.4, 0.5) is 0 Å². The lowest BCUT2D eigenvalue weighted by Gasteiger charge is -2.44. The molecule has 7 heteroatoms. The molecule has 0 bridgehead atoms. The number of nitrogens with one attached hydrogen (secondary N) is 1. The van der Waals surface area contributed by atoms with E-state index >= 15 is 0 Å². The molecular formula is C20H26N2O3S2. The first-order valence-electron chi connectivity index (χ1n) is 9.35. The summed E-state index contributed by atoms with van der Waals surface area (Å²) in [6.45, 7) is 4.43. The first kappa shape index (κ1) is 20.3. The number of nitrogens with zero attached hydrogens (tertiary/aromatic N) is 1. The van der Waals surface area contributed by atoms with Crippen molar-refractivity contribution in [1.29, 1.82) is 0 Å². The van der Waals surface area contributed by atoms with Gasteiger partial charge in [-0.2, -0.15) is 0 Å². The van der Waals surface area contributed by atoms with Crippen LogP contribution in [0.1, 0.15) is 38.7 Å². The predicted octanol–water partition coefficient (Wildman–Crippen LogP) is 3.31. The van der Waals surface area contributed by atoms with Crippen LogP contribution in [-0.2, 0) is 16.1 Å². The highest BCUT2D eigenvalue weighted by Gasteiger charge is 2.55. The van der Waals surface area contributed by atoms with E-state index in [0.717, 1.165) is 27.7 Å². The molecule has 2 heterocycles. The van der Waals surface area contributed by atoms with Gasteiger partial charge in [0.15, 0.2) is 0 Å².